The predicted octanol–water partition coefficient (Wildman–Crippen LogP) is 4.81. The van der Waals surface area contributed by atoms with Crippen molar-refractivity contribution >= 4 is 11.6 Å². The van der Waals surface area contributed by atoms with Crippen LogP contribution in [0.2, 0.25) is 0 Å². The van der Waals surface area contributed by atoms with Gasteiger partial charge in [-0.2, -0.15) is 5.10 Å². The van der Waals surface area contributed by atoms with Crippen molar-refractivity contribution in [2.75, 3.05) is 0 Å². The molecule has 0 atom stereocenters. The van der Waals surface area contributed by atoms with Gasteiger partial charge in [-0.1, -0.05) is 56.3 Å². The van der Waals surface area contributed by atoms with E-state index in [0.717, 1.165) is 53.0 Å². The summed E-state index contributed by atoms with van der Waals surface area (Å²) in [6.45, 7) is 4.22. The average molecular weight is 385 g/mol. The van der Waals surface area contributed by atoms with Gasteiger partial charge in [0.25, 0.3) is 0 Å². The molecule has 0 amide bonds. The third-order valence-corrected chi connectivity index (χ3v) is 5.25. The van der Waals surface area contributed by atoms with Gasteiger partial charge in [0.1, 0.15) is 0 Å². The van der Waals surface area contributed by atoms with Crippen molar-refractivity contribution in [1.82, 2.24) is 14.6 Å². The maximum atomic E-state index is 11.5. The molecule has 5 nitrogen and oxygen atoms in total. The van der Waals surface area contributed by atoms with Gasteiger partial charge in [0.15, 0.2) is 5.65 Å². The van der Waals surface area contributed by atoms with Crippen molar-refractivity contribution in [3.8, 4) is 11.1 Å². The van der Waals surface area contributed by atoms with Crippen molar-refractivity contribution in [3.05, 3.63) is 88.9 Å². The van der Waals surface area contributed by atoms with Gasteiger partial charge in [-0.25, -0.2) is 14.3 Å². The SMILES string of the molecule is CCc1cnn2c(Cc3ccc(-c4ccccc4C(=O)O)cc3)c(CC)nc2c1. The van der Waals surface area contributed by atoms with Gasteiger partial charge < -0.3 is 5.11 Å². The van der Waals surface area contributed by atoms with Gasteiger partial charge in [-0.3, -0.25) is 0 Å². The Morgan fingerprint density at radius 3 is 2.45 bits per heavy atom. The van der Waals surface area contributed by atoms with E-state index in [2.05, 4.69) is 25.0 Å². The molecule has 2 aromatic carbocycles. The number of hydrogen-bond donors (Lipinski definition) is 1. The zero-order chi connectivity index (χ0) is 20.4. The smallest absolute Gasteiger partial charge is 0.336 e. The van der Waals surface area contributed by atoms with Gasteiger partial charge in [-0.15, -0.1) is 0 Å². The molecule has 5 heteroatoms. The van der Waals surface area contributed by atoms with Gasteiger partial charge >= 0.3 is 5.97 Å². The molecule has 4 rings (SSSR count). The quantitative estimate of drug-likeness (QED) is 0.517. The normalized spacial score (nSPS) is 11.1. The molecule has 1 N–H and O–H groups in total. The lowest BCUT2D eigenvalue weighted by Crippen LogP contribution is -2.02. The standard InChI is InChI=1S/C24H23N3O2/c1-3-16-14-23-26-21(4-2)22(27(23)25-15-16)13-17-9-11-18(12-10-17)19-7-5-6-8-20(19)24(28)29/h5-12,14-15H,3-4,13H2,1-2H3,(H,28,29). The van der Waals surface area contributed by atoms with Crippen LogP contribution in [0.1, 0.15) is 46.7 Å². The molecule has 0 aliphatic rings. The molecule has 2 heterocycles. The lowest BCUT2D eigenvalue weighted by molar-refractivity contribution is 0.0697. The second-order valence-electron chi connectivity index (χ2n) is 7.07. The molecule has 0 aliphatic carbocycles. The minimum atomic E-state index is -0.916. The topological polar surface area (TPSA) is 67.5 Å². The molecular formula is C24H23N3O2. The maximum absolute atomic E-state index is 11.5. The molecule has 0 saturated heterocycles. The summed E-state index contributed by atoms with van der Waals surface area (Å²) >= 11 is 0. The Morgan fingerprint density at radius 1 is 1.00 bits per heavy atom. The fourth-order valence-electron chi connectivity index (χ4n) is 3.64. The molecule has 0 saturated carbocycles. The summed E-state index contributed by atoms with van der Waals surface area (Å²) in [4.78, 5) is 16.3. The summed E-state index contributed by atoms with van der Waals surface area (Å²) in [5.41, 5.74) is 7.30. The first kappa shape index (κ1) is 18.9. The maximum Gasteiger partial charge on any atom is 0.336 e. The van der Waals surface area contributed by atoms with Gasteiger partial charge in [-0.05, 0) is 47.2 Å². The number of fused-ring (bicyclic) bond motifs is 1. The molecular weight excluding hydrogens is 362 g/mol. The molecule has 0 spiro atoms. The summed E-state index contributed by atoms with van der Waals surface area (Å²) in [5, 5.41) is 14.0. The van der Waals surface area contributed by atoms with Crippen LogP contribution in [-0.2, 0) is 19.3 Å². The minimum Gasteiger partial charge on any atom is -0.478 e. The molecule has 0 bridgehead atoms. The number of carboxylic acids is 1. The monoisotopic (exact) mass is 385 g/mol. The molecule has 2 aromatic heterocycles. The predicted molar refractivity (Wildman–Crippen MR) is 113 cm³/mol. The van der Waals surface area contributed by atoms with E-state index in [4.69, 9.17) is 4.98 Å². The summed E-state index contributed by atoms with van der Waals surface area (Å²) < 4.78 is 1.94. The number of aromatic carboxylic acids is 1. The number of imidazole rings is 1. The summed E-state index contributed by atoms with van der Waals surface area (Å²) in [6.07, 6.45) is 4.42. The molecule has 0 radical (unpaired) electrons. The number of carboxylic acid groups (broad SMARTS) is 1. The van der Waals surface area contributed by atoms with E-state index in [-0.39, 0.29) is 0 Å². The van der Waals surface area contributed by atoms with Crippen LogP contribution in [0.25, 0.3) is 16.8 Å². The summed E-state index contributed by atoms with van der Waals surface area (Å²) in [7, 11) is 0. The van der Waals surface area contributed by atoms with Crippen LogP contribution in [0.4, 0.5) is 0 Å². The number of rotatable bonds is 6. The van der Waals surface area contributed by atoms with Crippen LogP contribution in [-0.4, -0.2) is 25.7 Å². The zero-order valence-corrected chi connectivity index (χ0v) is 16.6. The first-order chi connectivity index (χ1) is 14.1. The van der Waals surface area contributed by atoms with E-state index >= 15 is 0 Å². The second-order valence-corrected chi connectivity index (χ2v) is 7.07. The molecule has 0 unspecified atom stereocenters. The van der Waals surface area contributed by atoms with Crippen molar-refractivity contribution in [3.63, 3.8) is 0 Å². The Hall–Kier alpha value is -3.47. The minimum absolute atomic E-state index is 0.311. The molecule has 0 fully saturated rings. The fourth-order valence-corrected chi connectivity index (χ4v) is 3.64. The average Bonchev–Trinajstić information content (AvgIpc) is 3.10. The van der Waals surface area contributed by atoms with Gasteiger partial charge in [0.05, 0.1) is 23.1 Å². The Kier molecular flexibility index (Phi) is 5.12. The van der Waals surface area contributed by atoms with Crippen molar-refractivity contribution in [2.24, 2.45) is 0 Å². The van der Waals surface area contributed by atoms with E-state index in [0.29, 0.717) is 5.56 Å². The summed E-state index contributed by atoms with van der Waals surface area (Å²) in [5.74, 6) is -0.916. The summed E-state index contributed by atoms with van der Waals surface area (Å²) in [6, 6.07) is 17.2. The number of nitrogens with zero attached hydrogens (tertiary/aromatic N) is 3. The van der Waals surface area contributed by atoms with Crippen LogP contribution in [0.3, 0.4) is 0 Å². The van der Waals surface area contributed by atoms with Crippen LogP contribution in [0.15, 0.2) is 60.8 Å². The zero-order valence-electron chi connectivity index (χ0n) is 16.6. The highest BCUT2D eigenvalue weighted by Gasteiger charge is 2.14. The second kappa shape index (κ2) is 7.87. The number of aryl methyl sites for hydroxylation is 2. The van der Waals surface area contributed by atoms with Gasteiger partial charge in [0, 0.05) is 6.42 Å². The van der Waals surface area contributed by atoms with Gasteiger partial charge in [0.2, 0.25) is 0 Å². The van der Waals surface area contributed by atoms with Crippen molar-refractivity contribution < 1.29 is 9.90 Å². The molecule has 146 valence electrons. The molecule has 4 aromatic rings. The van der Waals surface area contributed by atoms with Crippen LogP contribution in [0, 0.1) is 0 Å². The van der Waals surface area contributed by atoms with E-state index in [1.807, 2.05) is 47.1 Å². The highest BCUT2D eigenvalue weighted by molar-refractivity contribution is 5.95. The van der Waals surface area contributed by atoms with E-state index in [1.54, 1.807) is 12.1 Å². The number of carbonyl (C=O) groups is 1. The largest absolute Gasteiger partial charge is 0.478 e. The third kappa shape index (κ3) is 3.63. The van der Waals surface area contributed by atoms with E-state index in [9.17, 15) is 9.90 Å². The van der Waals surface area contributed by atoms with Crippen LogP contribution >= 0.6 is 0 Å². The Balaban J connectivity index is 1.67. The van der Waals surface area contributed by atoms with Crippen LogP contribution in [0.5, 0.6) is 0 Å². The highest BCUT2D eigenvalue weighted by Crippen LogP contribution is 2.25. The highest BCUT2D eigenvalue weighted by atomic mass is 16.4. The fraction of sp³-hybridized carbons (Fsp3) is 0.208. The number of aromatic nitrogens is 3. The number of benzene rings is 2. The Labute approximate surface area is 169 Å². The Morgan fingerprint density at radius 2 is 1.76 bits per heavy atom. The van der Waals surface area contributed by atoms with E-state index in [1.165, 1.54) is 5.56 Å². The first-order valence-electron chi connectivity index (χ1n) is 9.87. The van der Waals surface area contributed by atoms with E-state index < -0.39 is 5.97 Å². The third-order valence-electron chi connectivity index (χ3n) is 5.25. The van der Waals surface area contributed by atoms with Crippen molar-refractivity contribution in [1.29, 1.82) is 0 Å². The molecule has 29 heavy (non-hydrogen) atoms. The lowest BCUT2D eigenvalue weighted by Gasteiger charge is -2.08. The molecule has 0 aliphatic heterocycles. The number of hydrogen-bond acceptors (Lipinski definition) is 3. The lowest BCUT2D eigenvalue weighted by atomic mass is 9.97. The first-order valence-corrected chi connectivity index (χ1v) is 9.87. The Bertz CT molecular complexity index is 1180. The van der Waals surface area contributed by atoms with Crippen LogP contribution < -0.4 is 0 Å². The van der Waals surface area contributed by atoms with Crippen molar-refractivity contribution in [2.45, 2.75) is 33.1 Å².